The summed E-state index contributed by atoms with van der Waals surface area (Å²) in [7, 11) is 1.64. The molecular weight excluding hydrogens is 212 g/mol. The number of nitrogens with one attached hydrogen (secondary N) is 1. The third kappa shape index (κ3) is 3.99. The van der Waals surface area contributed by atoms with E-state index in [1.807, 2.05) is 24.3 Å². The van der Waals surface area contributed by atoms with Gasteiger partial charge in [-0.2, -0.15) is 5.26 Å². The van der Waals surface area contributed by atoms with Gasteiger partial charge >= 0.3 is 0 Å². The summed E-state index contributed by atoms with van der Waals surface area (Å²) in [5.74, 6) is 1.14. The molecule has 1 rings (SSSR count). The molecule has 0 spiro atoms. The molecule has 0 bridgehead atoms. The average molecular weight is 232 g/mol. The van der Waals surface area contributed by atoms with Crippen LogP contribution in [-0.2, 0) is 0 Å². The standard InChI is InChI=1S/C14H20N2O/c1-4-6-11(2)14(10-15)16-12-7-5-8-13(9-12)17-3/h5,7-9,11,14,16H,4,6H2,1-3H3. The van der Waals surface area contributed by atoms with Gasteiger partial charge in [-0.25, -0.2) is 0 Å². The Balaban J connectivity index is 2.70. The second-order valence-electron chi connectivity index (χ2n) is 4.25. The van der Waals surface area contributed by atoms with E-state index in [1.165, 1.54) is 0 Å². The van der Waals surface area contributed by atoms with Gasteiger partial charge in [0.05, 0.1) is 13.2 Å². The van der Waals surface area contributed by atoms with E-state index >= 15 is 0 Å². The van der Waals surface area contributed by atoms with Crippen LogP contribution in [0.3, 0.4) is 0 Å². The smallest absolute Gasteiger partial charge is 0.120 e. The minimum Gasteiger partial charge on any atom is -0.497 e. The Bertz CT molecular complexity index is 384. The largest absolute Gasteiger partial charge is 0.497 e. The highest BCUT2D eigenvalue weighted by Crippen LogP contribution is 2.20. The number of nitriles is 1. The highest BCUT2D eigenvalue weighted by atomic mass is 16.5. The molecule has 0 radical (unpaired) electrons. The van der Waals surface area contributed by atoms with Crippen molar-refractivity contribution in [3.8, 4) is 11.8 Å². The highest BCUT2D eigenvalue weighted by Gasteiger charge is 2.15. The van der Waals surface area contributed by atoms with Crippen LogP contribution in [0, 0.1) is 17.2 Å². The van der Waals surface area contributed by atoms with E-state index in [-0.39, 0.29) is 6.04 Å². The normalized spacial score (nSPS) is 13.5. The number of nitrogens with zero attached hydrogens (tertiary/aromatic N) is 1. The maximum atomic E-state index is 9.17. The summed E-state index contributed by atoms with van der Waals surface area (Å²) < 4.78 is 5.16. The van der Waals surface area contributed by atoms with E-state index in [4.69, 9.17) is 10.00 Å². The fourth-order valence-electron chi connectivity index (χ4n) is 1.82. The van der Waals surface area contributed by atoms with E-state index in [1.54, 1.807) is 7.11 Å². The summed E-state index contributed by atoms with van der Waals surface area (Å²) in [5.41, 5.74) is 0.929. The van der Waals surface area contributed by atoms with Crippen LogP contribution in [-0.4, -0.2) is 13.2 Å². The van der Waals surface area contributed by atoms with Crippen LogP contribution < -0.4 is 10.1 Å². The number of benzene rings is 1. The lowest BCUT2D eigenvalue weighted by molar-refractivity contribution is 0.415. The fraction of sp³-hybridized carbons (Fsp3) is 0.500. The van der Waals surface area contributed by atoms with Gasteiger partial charge in [-0.05, 0) is 24.5 Å². The van der Waals surface area contributed by atoms with Crippen molar-refractivity contribution in [1.29, 1.82) is 5.26 Å². The molecule has 0 fully saturated rings. The van der Waals surface area contributed by atoms with Crippen molar-refractivity contribution >= 4 is 5.69 Å². The lowest BCUT2D eigenvalue weighted by atomic mass is 9.98. The fourth-order valence-corrected chi connectivity index (χ4v) is 1.82. The number of anilines is 1. The molecule has 0 amide bonds. The molecule has 3 heteroatoms. The predicted molar refractivity (Wildman–Crippen MR) is 70.1 cm³/mol. The van der Waals surface area contributed by atoms with E-state index in [2.05, 4.69) is 25.2 Å². The Labute approximate surface area is 103 Å². The molecule has 0 aromatic heterocycles. The van der Waals surface area contributed by atoms with Gasteiger partial charge in [0.2, 0.25) is 0 Å². The molecule has 0 heterocycles. The van der Waals surface area contributed by atoms with Crippen LogP contribution >= 0.6 is 0 Å². The molecule has 92 valence electrons. The first-order chi connectivity index (χ1) is 8.21. The summed E-state index contributed by atoms with van der Waals surface area (Å²) in [6, 6.07) is 9.83. The Kier molecular flexibility index (Phi) is 5.35. The van der Waals surface area contributed by atoms with Crippen LogP contribution in [0.1, 0.15) is 26.7 Å². The van der Waals surface area contributed by atoms with Crippen molar-refractivity contribution in [1.82, 2.24) is 0 Å². The van der Waals surface area contributed by atoms with Gasteiger partial charge in [0.15, 0.2) is 0 Å². The maximum absolute atomic E-state index is 9.17. The van der Waals surface area contributed by atoms with Crippen LogP contribution in [0.4, 0.5) is 5.69 Å². The van der Waals surface area contributed by atoms with Gasteiger partial charge in [-0.3, -0.25) is 0 Å². The Morgan fingerprint density at radius 2 is 2.24 bits per heavy atom. The zero-order valence-electron chi connectivity index (χ0n) is 10.7. The molecule has 2 unspecified atom stereocenters. The number of hydrogen-bond donors (Lipinski definition) is 1. The Morgan fingerprint density at radius 1 is 1.47 bits per heavy atom. The summed E-state index contributed by atoms with van der Waals surface area (Å²) in [6.45, 7) is 4.24. The molecule has 0 saturated heterocycles. The minimum atomic E-state index is -0.151. The Morgan fingerprint density at radius 3 is 2.82 bits per heavy atom. The molecule has 2 atom stereocenters. The van der Waals surface area contributed by atoms with Crippen molar-refractivity contribution in [2.75, 3.05) is 12.4 Å². The van der Waals surface area contributed by atoms with Gasteiger partial charge in [-0.15, -0.1) is 0 Å². The number of methoxy groups -OCH3 is 1. The van der Waals surface area contributed by atoms with E-state index in [9.17, 15) is 0 Å². The first-order valence-electron chi connectivity index (χ1n) is 6.01. The molecule has 1 aromatic carbocycles. The monoisotopic (exact) mass is 232 g/mol. The summed E-state index contributed by atoms with van der Waals surface area (Å²) in [5, 5.41) is 12.4. The second kappa shape index (κ2) is 6.80. The quantitative estimate of drug-likeness (QED) is 0.817. The summed E-state index contributed by atoms with van der Waals surface area (Å²) >= 11 is 0. The van der Waals surface area contributed by atoms with E-state index < -0.39 is 0 Å². The molecule has 17 heavy (non-hydrogen) atoms. The predicted octanol–water partition coefficient (Wildman–Crippen LogP) is 3.44. The molecule has 0 saturated carbocycles. The minimum absolute atomic E-state index is 0.151. The van der Waals surface area contributed by atoms with Crippen molar-refractivity contribution in [3.63, 3.8) is 0 Å². The van der Waals surface area contributed by atoms with Crippen molar-refractivity contribution in [3.05, 3.63) is 24.3 Å². The summed E-state index contributed by atoms with van der Waals surface area (Å²) in [4.78, 5) is 0. The van der Waals surface area contributed by atoms with E-state index in [0.717, 1.165) is 24.3 Å². The highest BCUT2D eigenvalue weighted by molar-refractivity contribution is 5.49. The first-order valence-corrected chi connectivity index (χ1v) is 6.01. The summed E-state index contributed by atoms with van der Waals surface area (Å²) in [6.07, 6.45) is 2.15. The SMILES string of the molecule is CCCC(C)C(C#N)Nc1cccc(OC)c1. The van der Waals surface area contributed by atoms with Crippen LogP contribution in [0.25, 0.3) is 0 Å². The topological polar surface area (TPSA) is 45.0 Å². The first kappa shape index (κ1) is 13.4. The molecule has 1 aromatic rings. The average Bonchev–Trinajstić information content (AvgIpc) is 2.36. The van der Waals surface area contributed by atoms with Gasteiger partial charge in [0.1, 0.15) is 11.8 Å². The molecule has 1 N–H and O–H groups in total. The molecule has 3 nitrogen and oxygen atoms in total. The third-order valence-electron chi connectivity index (χ3n) is 2.84. The van der Waals surface area contributed by atoms with Gasteiger partial charge < -0.3 is 10.1 Å². The van der Waals surface area contributed by atoms with Gasteiger partial charge in [-0.1, -0.05) is 26.3 Å². The molecule has 0 aliphatic carbocycles. The van der Waals surface area contributed by atoms with Gasteiger partial charge in [0.25, 0.3) is 0 Å². The third-order valence-corrected chi connectivity index (χ3v) is 2.84. The van der Waals surface area contributed by atoms with Crippen molar-refractivity contribution in [2.45, 2.75) is 32.7 Å². The zero-order chi connectivity index (χ0) is 12.7. The Hall–Kier alpha value is -1.69. The van der Waals surface area contributed by atoms with Crippen LogP contribution in [0.2, 0.25) is 0 Å². The number of hydrogen-bond acceptors (Lipinski definition) is 3. The van der Waals surface area contributed by atoms with Crippen molar-refractivity contribution < 1.29 is 4.74 Å². The molecule has 0 aliphatic heterocycles. The molecular formula is C14H20N2O. The lowest BCUT2D eigenvalue weighted by Crippen LogP contribution is -2.25. The number of ether oxygens (including phenoxy) is 1. The van der Waals surface area contributed by atoms with Gasteiger partial charge in [0, 0.05) is 11.8 Å². The lowest BCUT2D eigenvalue weighted by Gasteiger charge is -2.19. The number of rotatable bonds is 6. The maximum Gasteiger partial charge on any atom is 0.120 e. The van der Waals surface area contributed by atoms with Crippen molar-refractivity contribution in [2.24, 2.45) is 5.92 Å². The van der Waals surface area contributed by atoms with Crippen LogP contribution in [0.15, 0.2) is 24.3 Å². The molecule has 0 aliphatic rings. The van der Waals surface area contributed by atoms with E-state index in [0.29, 0.717) is 5.92 Å². The second-order valence-corrected chi connectivity index (χ2v) is 4.25. The zero-order valence-corrected chi connectivity index (χ0v) is 10.7. The van der Waals surface area contributed by atoms with Crippen LogP contribution in [0.5, 0.6) is 5.75 Å².